The minimum atomic E-state index is -0.915. The lowest BCUT2D eigenvalue weighted by atomic mass is 9.94. The molecule has 176 valence electrons. The van der Waals surface area contributed by atoms with Crippen LogP contribution in [0.5, 0.6) is 5.75 Å². The molecule has 1 saturated carbocycles. The highest BCUT2D eigenvalue weighted by atomic mass is 16.5. The quantitative estimate of drug-likeness (QED) is 0.497. The number of anilines is 1. The van der Waals surface area contributed by atoms with E-state index in [-0.39, 0.29) is 23.6 Å². The van der Waals surface area contributed by atoms with Gasteiger partial charge < -0.3 is 10.1 Å². The van der Waals surface area contributed by atoms with Gasteiger partial charge in [0.05, 0.1) is 6.61 Å². The first-order valence-corrected chi connectivity index (χ1v) is 12.0. The summed E-state index contributed by atoms with van der Waals surface area (Å²) in [4.78, 5) is 33.6. The number of nitrogens with one attached hydrogen (secondary N) is 1. The monoisotopic (exact) mass is 457 g/mol. The van der Waals surface area contributed by atoms with Gasteiger partial charge in [0.1, 0.15) is 17.5 Å². The lowest BCUT2D eigenvalue weighted by Crippen LogP contribution is -2.47. The van der Waals surface area contributed by atoms with Gasteiger partial charge in [-0.25, -0.2) is 0 Å². The highest BCUT2D eigenvalue weighted by Gasteiger charge is 2.36. The smallest absolute Gasteiger partial charge is 0.277 e. The lowest BCUT2D eigenvalue weighted by molar-refractivity contribution is -0.123. The molecule has 1 aromatic heterocycles. The average molecular weight is 458 g/mol. The van der Waals surface area contributed by atoms with E-state index in [1.54, 1.807) is 29.3 Å². The fourth-order valence-corrected chi connectivity index (χ4v) is 4.50. The van der Waals surface area contributed by atoms with E-state index in [4.69, 9.17) is 4.74 Å². The Bertz CT molecular complexity index is 1080. The molecule has 0 radical (unpaired) electrons. The second-order valence-corrected chi connectivity index (χ2v) is 8.44. The molecule has 2 amide bonds. The van der Waals surface area contributed by atoms with Gasteiger partial charge >= 0.3 is 0 Å². The minimum absolute atomic E-state index is 0.102. The number of pyridine rings is 1. The molecule has 34 heavy (non-hydrogen) atoms. The van der Waals surface area contributed by atoms with E-state index in [1.807, 2.05) is 61.5 Å². The molecule has 0 spiro atoms. The highest BCUT2D eigenvalue weighted by Crippen LogP contribution is 2.35. The van der Waals surface area contributed by atoms with Crippen LogP contribution in [0.25, 0.3) is 0 Å². The van der Waals surface area contributed by atoms with Crippen LogP contribution >= 0.6 is 0 Å². The standard InChI is InChI=1S/C28H31N3O3/c1-2-34-25-19-10-9-17-23(25)26(27(32)30-21-13-5-3-6-14-21)31(22-15-7-4-8-16-22)28(33)24-18-11-12-20-29-24/h4,7-12,15-21,26H,2-3,5-6,13-14H2,1H3,(H,30,32)/t26-/m0/s1. The summed E-state index contributed by atoms with van der Waals surface area (Å²) in [6.07, 6.45) is 6.87. The molecule has 1 aliphatic rings. The number of carbonyl (C=O) groups excluding carboxylic acids is 2. The van der Waals surface area contributed by atoms with E-state index in [2.05, 4.69) is 10.3 Å². The second kappa shape index (κ2) is 11.5. The molecule has 0 aliphatic heterocycles. The summed E-state index contributed by atoms with van der Waals surface area (Å²) in [5.74, 6) is 0.0256. The third-order valence-electron chi connectivity index (χ3n) is 6.11. The Kier molecular flexibility index (Phi) is 7.91. The van der Waals surface area contributed by atoms with E-state index >= 15 is 0 Å². The Balaban J connectivity index is 1.82. The molecular formula is C28H31N3O3. The number of benzene rings is 2. The number of hydrogen-bond acceptors (Lipinski definition) is 4. The normalized spacial score (nSPS) is 14.7. The first-order valence-electron chi connectivity index (χ1n) is 12.0. The van der Waals surface area contributed by atoms with Crippen molar-refractivity contribution < 1.29 is 14.3 Å². The van der Waals surface area contributed by atoms with Gasteiger partial charge in [-0.3, -0.25) is 19.5 Å². The van der Waals surface area contributed by atoms with E-state index < -0.39 is 6.04 Å². The Morgan fingerprint density at radius 3 is 2.38 bits per heavy atom. The first-order chi connectivity index (χ1) is 16.7. The van der Waals surface area contributed by atoms with Crippen LogP contribution < -0.4 is 15.0 Å². The zero-order valence-corrected chi connectivity index (χ0v) is 19.5. The van der Waals surface area contributed by atoms with Crippen LogP contribution in [0.1, 0.15) is 61.1 Å². The molecule has 0 bridgehead atoms. The van der Waals surface area contributed by atoms with Gasteiger partial charge in [0.25, 0.3) is 5.91 Å². The molecule has 1 fully saturated rings. The molecule has 1 atom stereocenters. The van der Waals surface area contributed by atoms with Crippen LogP contribution in [0.2, 0.25) is 0 Å². The van der Waals surface area contributed by atoms with Crippen molar-refractivity contribution in [2.45, 2.75) is 51.1 Å². The third kappa shape index (κ3) is 5.45. The number of ether oxygens (including phenoxy) is 1. The van der Waals surface area contributed by atoms with Crippen molar-refractivity contribution in [3.05, 3.63) is 90.3 Å². The number of hydrogen-bond donors (Lipinski definition) is 1. The molecule has 2 aromatic carbocycles. The first kappa shape index (κ1) is 23.5. The van der Waals surface area contributed by atoms with Crippen LogP contribution in [0.4, 0.5) is 5.69 Å². The summed E-state index contributed by atoms with van der Waals surface area (Å²) in [6, 6.07) is 21.1. The van der Waals surface area contributed by atoms with Gasteiger partial charge in [0.15, 0.2) is 0 Å². The fourth-order valence-electron chi connectivity index (χ4n) is 4.50. The zero-order chi connectivity index (χ0) is 23.8. The van der Waals surface area contributed by atoms with Crippen LogP contribution in [-0.2, 0) is 4.79 Å². The van der Waals surface area contributed by atoms with Gasteiger partial charge in [-0.05, 0) is 50.1 Å². The molecule has 1 N–H and O–H groups in total. The van der Waals surface area contributed by atoms with Crippen LogP contribution in [-0.4, -0.2) is 29.4 Å². The summed E-state index contributed by atoms with van der Waals surface area (Å²) in [7, 11) is 0. The zero-order valence-electron chi connectivity index (χ0n) is 19.5. The van der Waals surface area contributed by atoms with Gasteiger partial charge in [-0.15, -0.1) is 0 Å². The highest BCUT2D eigenvalue weighted by molar-refractivity contribution is 6.09. The molecule has 1 aliphatic carbocycles. The number of carbonyl (C=O) groups is 2. The van der Waals surface area contributed by atoms with Crippen LogP contribution in [0.3, 0.4) is 0 Å². The molecule has 4 rings (SSSR count). The summed E-state index contributed by atoms with van der Waals surface area (Å²) < 4.78 is 5.90. The summed E-state index contributed by atoms with van der Waals surface area (Å²) in [5.41, 5.74) is 1.54. The molecule has 0 unspecified atom stereocenters. The SMILES string of the molecule is CCOc1ccccc1[C@@H](C(=O)NC1CCCCC1)N(C(=O)c1ccccn1)c1ccccc1. The van der Waals surface area contributed by atoms with Gasteiger partial charge in [0, 0.05) is 23.5 Å². The number of amides is 2. The van der Waals surface area contributed by atoms with Crippen molar-refractivity contribution in [1.82, 2.24) is 10.3 Å². The topological polar surface area (TPSA) is 71.5 Å². The van der Waals surface area contributed by atoms with E-state index in [0.717, 1.165) is 25.7 Å². The molecule has 3 aromatic rings. The Hall–Kier alpha value is -3.67. The number of aromatic nitrogens is 1. The largest absolute Gasteiger partial charge is 0.493 e. The maximum absolute atomic E-state index is 13.9. The van der Waals surface area contributed by atoms with E-state index in [9.17, 15) is 9.59 Å². The van der Waals surface area contributed by atoms with E-state index in [0.29, 0.717) is 23.6 Å². The number of para-hydroxylation sites is 2. The van der Waals surface area contributed by atoms with Crippen molar-refractivity contribution in [2.24, 2.45) is 0 Å². The molecule has 0 saturated heterocycles. The van der Waals surface area contributed by atoms with Crippen molar-refractivity contribution in [3.63, 3.8) is 0 Å². The summed E-state index contributed by atoms with van der Waals surface area (Å²) >= 11 is 0. The molecular weight excluding hydrogens is 426 g/mol. The Morgan fingerprint density at radius 2 is 1.68 bits per heavy atom. The predicted octanol–water partition coefficient (Wildman–Crippen LogP) is 5.32. The van der Waals surface area contributed by atoms with Gasteiger partial charge in [-0.1, -0.05) is 61.7 Å². The maximum Gasteiger partial charge on any atom is 0.277 e. The van der Waals surface area contributed by atoms with Crippen molar-refractivity contribution >= 4 is 17.5 Å². The van der Waals surface area contributed by atoms with Crippen molar-refractivity contribution in [2.75, 3.05) is 11.5 Å². The lowest BCUT2D eigenvalue weighted by Gasteiger charge is -2.34. The second-order valence-electron chi connectivity index (χ2n) is 8.44. The number of nitrogens with zero attached hydrogens (tertiary/aromatic N) is 2. The Labute approximate surface area is 201 Å². The van der Waals surface area contributed by atoms with Crippen molar-refractivity contribution in [3.8, 4) is 5.75 Å². The van der Waals surface area contributed by atoms with Gasteiger partial charge in [0.2, 0.25) is 5.91 Å². The molecule has 6 heteroatoms. The molecule has 1 heterocycles. The minimum Gasteiger partial charge on any atom is -0.493 e. The van der Waals surface area contributed by atoms with Crippen LogP contribution in [0.15, 0.2) is 79.0 Å². The fraction of sp³-hybridized carbons (Fsp3) is 0.321. The molecule has 6 nitrogen and oxygen atoms in total. The predicted molar refractivity (Wildman–Crippen MR) is 133 cm³/mol. The van der Waals surface area contributed by atoms with E-state index in [1.165, 1.54) is 6.42 Å². The summed E-state index contributed by atoms with van der Waals surface area (Å²) in [6.45, 7) is 2.36. The number of rotatable bonds is 8. The average Bonchev–Trinajstić information content (AvgIpc) is 2.89. The van der Waals surface area contributed by atoms with Gasteiger partial charge in [-0.2, -0.15) is 0 Å². The van der Waals surface area contributed by atoms with Crippen LogP contribution in [0, 0.1) is 0 Å². The van der Waals surface area contributed by atoms with Crippen molar-refractivity contribution in [1.29, 1.82) is 0 Å². The maximum atomic E-state index is 13.9. The third-order valence-corrected chi connectivity index (χ3v) is 6.11. The summed E-state index contributed by atoms with van der Waals surface area (Å²) in [5, 5.41) is 3.23. The Morgan fingerprint density at radius 1 is 0.971 bits per heavy atom.